The van der Waals surface area contributed by atoms with Crippen LogP contribution in [0.4, 0.5) is 0 Å². The second-order valence-corrected chi connectivity index (χ2v) is 7.22. The summed E-state index contributed by atoms with van der Waals surface area (Å²) in [5.41, 5.74) is 2.51. The van der Waals surface area contributed by atoms with E-state index in [0.29, 0.717) is 12.0 Å². The summed E-state index contributed by atoms with van der Waals surface area (Å²) in [6, 6.07) is 10.8. The van der Waals surface area contributed by atoms with Crippen molar-refractivity contribution in [1.82, 2.24) is 20.2 Å². The van der Waals surface area contributed by atoms with Crippen LogP contribution in [0.5, 0.6) is 0 Å². The van der Waals surface area contributed by atoms with Crippen molar-refractivity contribution in [2.24, 2.45) is 0 Å². The molecule has 2 aromatic heterocycles. The van der Waals surface area contributed by atoms with Crippen LogP contribution in [0, 0.1) is 0 Å². The van der Waals surface area contributed by atoms with Gasteiger partial charge in [0.1, 0.15) is 6.04 Å². The lowest BCUT2D eigenvalue weighted by atomic mass is 10.0. The zero-order valence-corrected chi connectivity index (χ0v) is 15.7. The topological polar surface area (TPSA) is 78.1 Å². The predicted molar refractivity (Wildman–Crippen MR) is 108 cm³/mol. The molecular weight excluding hydrogens is 352 g/mol. The summed E-state index contributed by atoms with van der Waals surface area (Å²) in [4.78, 5) is 35.1. The van der Waals surface area contributed by atoms with E-state index in [0.717, 1.165) is 48.8 Å². The van der Waals surface area contributed by atoms with Crippen LogP contribution in [-0.2, 0) is 11.2 Å². The van der Waals surface area contributed by atoms with E-state index in [-0.39, 0.29) is 11.8 Å². The third-order valence-corrected chi connectivity index (χ3v) is 5.29. The minimum atomic E-state index is -0.606. The Morgan fingerprint density at radius 1 is 1.11 bits per heavy atom. The van der Waals surface area contributed by atoms with Crippen LogP contribution < -0.4 is 5.32 Å². The molecule has 144 valence electrons. The summed E-state index contributed by atoms with van der Waals surface area (Å²) in [6.07, 6.45) is 8.70. The van der Waals surface area contributed by atoms with Gasteiger partial charge in [-0.1, -0.05) is 18.2 Å². The fourth-order valence-corrected chi connectivity index (χ4v) is 3.79. The first-order valence-electron chi connectivity index (χ1n) is 9.77. The van der Waals surface area contributed by atoms with Gasteiger partial charge in [-0.15, -0.1) is 0 Å². The van der Waals surface area contributed by atoms with E-state index in [2.05, 4.69) is 15.3 Å². The highest BCUT2D eigenvalue weighted by atomic mass is 16.2. The Morgan fingerprint density at radius 2 is 1.93 bits per heavy atom. The number of carbonyl (C=O) groups is 2. The van der Waals surface area contributed by atoms with Crippen molar-refractivity contribution in [3.8, 4) is 0 Å². The lowest BCUT2D eigenvalue weighted by Crippen LogP contribution is -2.51. The predicted octanol–water partition coefficient (Wildman–Crippen LogP) is 2.92. The lowest BCUT2D eigenvalue weighted by molar-refractivity contribution is -0.134. The summed E-state index contributed by atoms with van der Waals surface area (Å²) in [5.74, 6) is -0.287. The van der Waals surface area contributed by atoms with Gasteiger partial charge in [-0.05, 0) is 43.0 Å². The Bertz CT molecular complexity index is 961. The van der Waals surface area contributed by atoms with Gasteiger partial charge < -0.3 is 15.2 Å². The van der Waals surface area contributed by atoms with Crippen molar-refractivity contribution in [2.75, 3.05) is 13.1 Å². The number of rotatable bonds is 5. The third kappa shape index (κ3) is 3.91. The highest BCUT2D eigenvalue weighted by Crippen LogP contribution is 2.20. The highest BCUT2D eigenvalue weighted by Gasteiger charge is 2.28. The molecule has 0 aliphatic carbocycles. The van der Waals surface area contributed by atoms with Crippen molar-refractivity contribution >= 4 is 22.7 Å². The molecule has 2 amide bonds. The molecule has 0 saturated carbocycles. The van der Waals surface area contributed by atoms with Gasteiger partial charge >= 0.3 is 0 Å². The first-order valence-corrected chi connectivity index (χ1v) is 9.77. The Kier molecular flexibility index (Phi) is 5.37. The van der Waals surface area contributed by atoms with Crippen molar-refractivity contribution < 1.29 is 9.59 Å². The van der Waals surface area contributed by atoms with Crippen LogP contribution in [0.15, 0.2) is 55.0 Å². The first kappa shape index (κ1) is 18.2. The van der Waals surface area contributed by atoms with Crippen LogP contribution in [0.25, 0.3) is 10.9 Å². The molecule has 4 rings (SSSR count). The van der Waals surface area contributed by atoms with Gasteiger partial charge in [0.05, 0.1) is 5.56 Å². The molecule has 0 unspecified atom stereocenters. The number of nitrogens with zero attached hydrogens (tertiary/aromatic N) is 2. The number of fused-ring (bicyclic) bond motifs is 1. The number of likely N-dealkylation sites (tertiary alicyclic amines) is 1. The Hall–Kier alpha value is -3.15. The number of carbonyl (C=O) groups excluding carboxylic acids is 2. The maximum Gasteiger partial charge on any atom is 0.253 e. The van der Waals surface area contributed by atoms with Crippen LogP contribution in [0.3, 0.4) is 0 Å². The number of para-hydroxylation sites is 1. The quantitative estimate of drug-likeness (QED) is 0.719. The van der Waals surface area contributed by atoms with Crippen molar-refractivity contribution in [2.45, 2.75) is 31.7 Å². The molecule has 6 heteroatoms. The number of benzene rings is 1. The number of aromatic nitrogens is 2. The molecule has 6 nitrogen and oxygen atoms in total. The van der Waals surface area contributed by atoms with E-state index in [1.165, 1.54) is 6.20 Å². The molecule has 28 heavy (non-hydrogen) atoms. The number of H-pyrrole nitrogens is 1. The van der Waals surface area contributed by atoms with Gasteiger partial charge in [0.15, 0.2) is 0 Å². The number of hydrogen-bond acceptors (Lipinski definition) is 3. The van der Waals surface area contributed by atoms with Gasteiger partial charge in [-0.2, -0.15) is 0 Å². The SMILES string of the molecule is O=C(N[C@H](Cc1c[nH]c2ccccc12)C(=O)N1CCCCC1)c1cccnc1. The zero-order chi connectivity index (χ0) is 19.3. The Morgan fingerprint density at radius 3 is 2.71 bits per heavy atom. The molecule has 1 aliphatic rings. The standard InChI is InChI=1S/C22H24N4O2/c27-21(16-7-6-10-23-14-16)25-20(22(28)26-11-4-1-5-12-26)13-17-15-24-19-9-3-2-8-18(17)19/h2-3,6-10,14-15,20,24H,1,4-5,11-13H2,(H,25,27)/t20-/m1/s1. The lowest BCUT2D eigenvalue weighted by Gasteiger charge is -2.30. The molecular formula is C22H24N4O2. The summed E-state index contributed by atoms with van der Waals surface area (Å²) < 4.78 is 0. The van der Waals surface area contributed by atoms with Gasteiger partial charge in [0.2, 0.25) is 5.91 Å². The van der Waals surface area contributed by atoms with Crippen LogP contribution in [-0.4, -0.2) is 45.8 Å². The summed E-state index contributed by atoms with van der Waals surface area (Å²) in [5, 5.41) is 4.03. The molecule has 0 radical (unpaired) electrons. The average molecular weight is 376 g/mol. The summed E-state index contributed by atoms with van der Waals surface area (Å²) in [6.45, 7) is 1.51. The Balaban J connectivity index is 1.58. The molecule has 3 aromatic rings. The molecule has 1 fully saturated rings. The maximum atomic E-state index is 13.2. The van der Waals surface area contributed by atoms with E-state index >= 15 is 0 Å². The number of piperidine rings is 1. The van der Waals surface area contributed by atoms with Gasteiger partial charge in [-0.3, -0.25) is 14.6 Å². The molecule has 0 spiro atoms. The number of pyridine rings is 1. The molecule has 1 saturated heterocycles. The monoisotopic (exact) mass is 376 g/mol. The number of aromatic amines is 1. The fraction of sp³-hybridized carbons (Fsp3) is 0.318. The summed E-state index contributed by atoms with van der Waals surface area (Å²) in [7, 11) is 0. The van der Waals surface area contributed by atoms with Gasteiger partial charge in [-0.25, -0.2) is 0 Å². The Labute approximate surface area is 164 Å². The van der Waals surface area contributed by atoms with E-state index in [1.54, 1.807) is 18.3 Å². The molecule has 1 atom stereocenters. The average Bonchev–Trinajstić information content (AvgIpc) is 3.17. The molecule has 3 heterocycles. The minimum absolute atomic E-state index is 0.0118. The van der Waals surface area contributed by atoms with Gasteiger partial charge in [0, 0.05) is 49.0 Å². The van der Waals surface area contributed by atoms with Crippen LogP contribution >= 0.6 is 0 Å². The fourth-order valence-electron chi connectivity index (χ4n) is 3.79. The highest BCUT2D eigenvalue weighted by molar-refractivity contribution is 5.97. The van der Waals surface area contributed by atoms with Crippen molar-refractivity contribution in [3.05, 3.63) is 66.1 Å². The normalized spacial score (nSPS) is 15.4. The molecule has 2 N–H and O–H groups in total. The molecule has 1 aromatic carbocycles. The second-order valence-electron chi connectivity index (χ2n) is 7.22. The third-order valence-electron chi connectivity index (χ3n) is 5.29. The molecule has 0 bridgehead atoms. The number of amides is 2. The van der Waals surface area contributed by atoms with E-state index in [9.17, 15) is 9.59 Å². The smallest absolute Gasteiger partial charge is 0.253 e. The first-order chi connectivity index (χ1) is 13.7. The van der Waals surface area contributed by atoms with Crippen LogP contribution in [0.2, 0.25) is 0 Å². The molecule has 1 aliphatic heterocycles. The second kappa shape index (κ2) is 8.25. The van der Waals surface area contributed by atoms with Crippen molar-refractivity contribution in [3.63, 3.8) is 0 Å². The number of nitrogens with one attached hydrogen (secondary N) is 2. The van der Waals surface area contributed by atoms with E-state index < -0.39 is 6.04 Å². The largest absolute Gasteiger partial charge is 0.361 e. The van der Waals surface area contributed by atoms with Crippen LogP contribution in [0.1, 0.15) is 35.2 Å². The maximum absolute atomic E-state index is 13.2. The van der Waals surface area contributed by atoms with E-state index in [1.807, 2.05) is 35.4 Å². The van der Waals surface area contributed by atoms with Gasteiger partial charge in [0.25, 0.3) is 5.91 Å². The minimum Gasteiger partial charge on any atom is -0.361 e. The van der Waals surface area contributed by atoms with E-state index in [4.69, 9.17) is 0 Å². The summed E-state index contributed by atoms with van der Waals surface area (Å²) >= 11 is 0. The zero-order valence-electron chi connectivity index (χ0n) is 15.7. The number of hydrogen-bond donors (Lipinski definition) is 2. The van der Waals surface area contributed by atoms with Crippen molar-refractivity contribution in [1.29, 1.82) is 0 Å².